The Bertz CT molecular complexity index is 1780. The summed E-state index contributed by atoms with van der Waals surface area (Å²) in [6.45, 7) is 2.13. The number of hydrogen-bond donors (Lipinski definition) is 1. The van der Waals surface area contributed by atoms with Gasteiger partial charge in [0.15, 0.2) is 5.84 Å². The maximum absolute atomic E-state index is 5.44. The summed E-state index contributed by atoms with van der Waals surface area (Å²) in [5.74, 6) is 1.91. The lowest BCUT2D eigenvalue weighted by Gasteiger charge is -2.34. The second-order valence-corrected chi connectivity index (χ2v) is 11.5. The Hall–Kier alpha value is -4.44. The number of hydrogen-bond acceptors (Lipinski definition) is 3. The van der Waals surface area contributed by atoms with E-state index in [2.05, 4.69) is 120 Å². The van der Waals surface area contributed by atoms with E-state index in [1.807, 2.05) is 0 Å². The van der Waals surface area contributed by atoms with Gasteiger partial charge in [-0.2, -0.15) is 0 Å². The number of anilines is 1. The molecule has 4 heteroatoms. The number of amidine groups is 2. The van der Waals surface area contributed by atoms with Crippen LogP contribution in [0.3, 0.4) is 0 Å². The van der Waals surface area contributed by atoms with E-state index in [0.717, 1.165) is 49.3 Å². The topological polar surface area (TPSA) is 43.8 Å². The lowest BCUT2D eigenvalue weighted by atomic mass is 9.69. The van der Waals surface area contributed by atoms with Gasteiger partial charge in [-0.1, -0.05) is 84.5 Å². The molecule has 3 aromatic carbocycles. The van der Waals surface area contributed by atoms with Gasteiger partial charge in [-0.3, -0.25) is 4.99 Å². The van der Waals surface area contributed by atoms with Gasteiger partial charge in [-0.25, -0.2) is 4.99 Å². The summed E-state index contributed by atoms with van der Waals surface area (Å²) in [7, 11) is 0. The number of benzene rings is 3. The molecule has 1 spiro atoms. The van der Waals surface area contributed by atoms with E-state index in [1.54, 1.807) is 0 Å². The molecule has 0 amide bonds. The molecular formula is C36H32N4. The van der Waals surface area contributed by atoms with Gasteiger partial charge in [0.2, 0.25) is 0 Å². The van der Waals surface area contributed by atoms with E-state index in [9.17, 15) is 0 Å². The maximum atomic E-state index is 5.44. The molecule has 196 valence electrons. The molecule has 0 saturated heterocycles. The standard InChI is InChI=1S/C36H32N4/c1-24-13-15-26(16-14-24)35-38-29(25-9-4-2-5-10-25)17-18-32(39-35)40-30-23-27-19-22-37-34(27)28-11-8-21-36(33(28)30)20-7-3-6-12-31(36)40/h2-6,8-16,19,22-23,29,37H,7,17-18,20-21H2,1H3. The van der Waals surface area contributed by atoms with Gasteiger partial charge in [0.25, 0.3) is 0 Å². The Kier molecular flexibility index (Phi) is 5.31. The van der Waals surface area contributed by atoms with Crippen LogP contribution in [0.1, 0.15) is 66.0 Å². The van der Waals surface area contributed by atoms with Crippen LogP contribution in [0, 0.1) is 6.92 Å². The molecule has 2 atom stereocenters. The molecule has 4 nitrogen and oxygen atoms in total. The Labute approximate surface area is 235 Å². The van der Waals surface area contributed by atoms with E-state index < -0.39 is 0 Å². The largest absolute Gasteiger partial charge is 0.361 e. The zero-order valence-corrected chi connectivity index (χ0v) is 22.8. The van der Waals surface area contributed by atoms with Crippen molar-refractivity contribution in [1.29, 1.82) is 0 Å². The number of nitrogens with one attached hydrogen (secondary N) is 1. The molecule has 2 aliphatic carbocycles. The van der Waals surface area contributed by atoms with Crippen LogP contribution in [-0.2, 0) is 5.41 Å². The summed E-state index contributed by atoms with van der Waals surface area (Å²) < 4.78 is 0. The molecule has 0 saturated carbocycles. The first-order chi connectivity index (χ1) is 19.7. The Morgan fingerprint density at radius 2 is 1.88 bits per heavy atom. The van der Waals surface area contributed by atoms with E-state index in [-0.39, 0.29) is 11.5 Å². The number of aryl methyl sites for hydroxylation is 1. The molecule has 3 heterocycles. The van der Waals surface area contributed by atoms with Gasteiger partial charge < -0.3 is 9.88 Å². The van der Waals surface area contributed by atoms with Crippen molar-refractivity contribution in [3.8, 4) is 0 Å². The van der Waals surface area contributed by atoms with E-state index in [0.29, 0.717) is 0 Å². The zero-order chi connectivity index (χ0) is 26.7. The van der Waals surface area contributed by atoms with Crippen molar-refractivity contribution in [2.24, 2.45) is 9.98 Å². The molecule has 40 heavy (non-hydrogen) atoms. The number of nitrogens with zero attached hydrogens (tertiary/aromatic N) is 3. The minimum Gasteiger partial charge on any atom is -0.361 e. The highest BCUT2D eigenvalue weighted by atomic mass is 15.3. The fourth-order valence-electron chi connectivity index (χ4n) is 7.18. The molecule has 4 aliphatic rings. The molecule has 0 fully saturated rings. The summed E-state index contributed by atoms with van der Waals surface area (Å²) in [5, 5.41) is 1.25. The highest BCUT2D eigenvalue weighted by Gasteiger charge is 2.50. The zero-order valence-electron chi connectivity index (χ0n) is 22.8. The predicted octanol–water partition coefficient (Wildman–Crippen LogP) is 8.57. The highest BCUT2D eigenvalue weighted by molar-refractivity contribution is 6.15. The first-order valence-corrected chi connectivity index (χ1v) is 14.5. The van der Waals surface area contributed by atoms with Gasteiger partial charge in [0.1, 0.15) is 5.84 Å². The smallest absolute Gasteiger partial charge is 0.157 e. The minimum atomic E-state index is -0.0446. The fourth-order valence-corrected chi connectivity index (χ4v) is 7.18. The minimum absolute atomic E-state index is 0.0446. The molecule has 1 N–H and O–H groups in total. The number of rotatable bonds is 2. The van der Waals surface area contributed by atoms with Gasteiger partial charge in [0.05, 0.1) is 17.2 Å². The third kappa shape index (κ3) is 3.52. The predicted molar refractivity (Wildman–Crippen MR) is 166 cm³/mol. The van der Waals surface area contributed by atoms with Crippen molar-refractivity contribution >= 4 is 34.3 Å². The summed E-state index contributed by atoms with van der Waals surface area (Å²) in [6.07, 6.45) is 18.7. The van der Waals surface area contributed by atoms with Crippen molar-refractivity contribution in [3.63, 3.8) is 0 Å². The lowest BCUT2D eigenvalue weighted by Crippen LogP contribution is -2.35. The van der Waals surface area contributed by atoms with Gasteiger partial charge in [-0.15, -0.1) is 0 Å². The van der Waals surface area contributed by atoms with Gasteiger partial charge >= 0.3 is 0 Å². The summed E-state index contributed by atoms with van der Waals surface area (Å²) in [6, 6.07) is 24.0. The van der Waals surface area contributed by atoms with Crippen molar-refractivity contribution in [2.45, 2.75) is 50.5 Å². The van der Waals surface area contributed by atoms with Gasteiger partial charge in [0, 0.05) is 40.2 Å². The highest BCUT2D eigenvalue weighted by Crippen LogP contribution is 2.58. The van der Waals surface area contributed by atoms with Crippen LogP contribution in [0.4, 0.5) is 5.69 Å². The summed E-state index contributed by atoms with van der Waals surface area (Å²) in [5.41, 5.74) is 10.2. The SMILES string of the molecule is Cc1ccc(C2=NC(c3ccccc3)CCC(N3C4=CC=CCCC45CC=Cc4c5c3cc3cc[nH]c43)=N2)cc1. The molecule has 2 aliphatic heterocycles. The molecular weight excluding hydrogens is 488 g/mol. The van der Waals surface area contributed by atoms with Crippen molar-refractivity contribution < 1.29 is 0 Å². The van der Waals surface area contributed by atoms with Crippen LogP contribution in [0.25, 0.3) is 17.0 Å². The molecule has 2 unspecified atom stereocenters. The number of H-pyrrole nitrogens is 1. The first kappa shape index (κ1) is 23.4. The molecule has 4 aromatic rings. The van der Waals surface area contributed by atoms with Crippen LogP contribution in [0.15, 0.2) is 113 Å². The summed E-state index contributed by atoms with van der Waals surface area (Å²) >= 11 is 0. The normalized spacial score (nSPS) is 23.2. The third-order valence-electron chi connectivity index (χ3n) is 9.10. The van der Waals surface area contributed by atoms with Crippen LogP contribution in [0.2, 0.25) is 0 Å². The number of fused-ring (bicyclic) bond motifs is 2. The van der Waals surface area contributed by atoms with Crippen LogP contribution < -0.4 is 4.90 Å². The van der Waals surface area contributed by atoms with Crippen LogP contribution in [0.5, 0.6) is 0 Å². The van der Waals surface area contributed by atoms with Crippen LogP contribution in [-0.4, -0.2) is 16.7 Å². The van der Waals surface area contributed by atoms with E-state index in [4.69, 9.17) is 9.98 Å². The maximum Gasteiger partial charge on any atom is 0.157 e. The number of allylic oxidation sites excluding steroid dienone is 5. The molecule has 0 radical (unpaired) electrons. The quantitative estimate of drug-likeness (QED) is 0.283. The first-order valence-electron chi connectivity index (χ1n) is 14.5. The molecule has 8 rings (SSSR count). The van der Waals surface area contributed by atoms with Crippen molar-refractivity contribution in [1.82, 2.24) is 4.98 Å². The number of aliphatic imine (C=N–C) groups is 2. The van der Waals surface area contributed by atoms with E-state index in [1.165, 1.54) is 44.5 Å². The second kappa shape index (κ2) is 9.06. The monoisotopic (exact) mass is 520 g/mol. The number of aromatic nitrogens is 1. The second-order valence-electron chi connectivity index (χ2n) is 11.5. The Morgan fingerprint density at radius 1 is 1.00 bits per heavy atom. The molecule has 1 aromatic heterocycles. The molecule has 0 bridgehead atoms. The van der Waals surface area contributed by atoms with Crippen LogP contribution >= 0.6 is 0 Å². The van der Waals surface area contributed by atoms with Crippen molar-refractivity contribution in [2.75, 3.05) is 4.90 Å². The average Bonchev–Trinajstić information content (AvgIpc) is 3.40. The Morgan fingerprint density at radius 3 is 2.75 bits per heavy atom. The summed E-state index contributed by atoms with van der Waals surface area (Å²) in [4.78, 5) is 16.8. The lowest BCUT2D eigenvalue weighted by molar-refractivity contribution is 0.484. The van der Waals surface area contributed by atoms with Crippen molar-refractivity contribution in [3.05, 3.63) is 131 Å². The number of aromatic amines is 1. The van der Waals surface area contributed by atoms with Gasteiger partial charge in [-0.05, 0) is 61.9 Å². The Balaban J connectivity index is 1.33. The third-order valence-corrected chi connectivity index (χ3v) is 9.10. The average molecular weight is 521 g/mol. The van der Waals surface area contributed by atoms with E-state index >= 15 is 0 Å². The fraction of sp³-hybridized carbons (Fsp3) is 0.222.